The van der Waals surface area contributed by atoms with Crippen molar-refractivity contribution in [2.45, 2.75) is 0 Å². The van der Waals surface area contributed by atoms with E-state index in [1.54, 1.807) is 0 Å². The summed E-state index contributed by atoms with van der Waals surface area (Å²) in [5.41, 5.74) is 11.3. The molecule has 0 bridgehead atoms. The fourth-order valence-electron chi connectivity index (χ4n) is 7.38. The molecule has 0 aliphatic carbocycles. The van der Waals surface area contributed by atoms with E-state index in [0.29, 0.717) is 5.82 Å². The predicted molar refractivity (Wildman–Crippen MR) is 203 cm³/mol. The molecule has 3 nitrogen and oxygen atoms in total. The molecular formula is C46H28N2O. The quantitative estimate of drug-likeness (QED) is 0.179. The molecule has 3 heteroatoms. The topological polar surface area (TPSA) is 38.9 Å². The van der Waals surface area contributed by atoms with Crippen molar-refractivity contribution in [3.05, 3.63) is 170 Å². The van der Waals surface area contributed by atoms with Crippen LogP contribution in [0.3, 0.4) is 0 Å². The van der Waals surface area contributed by atoms with Crippen molar-refractivity contribution in [2.24, 2.45) is 0 Å². The first kappa shape index (κ1) is 27.5. The van der Waals surface area contributed by atoms with Crippen molar-refractivity contribution >= 4 is 43.5 Å². The van der Waals surface area contributed by atoms with Crippen LogP contribution in [0.2, 0.25) is 0 Å². The van der Waals surface area contributed by atoms with Crippen molar-refractivity contribution in [1.29, 1.82) is 0 Å². The van der Waals surface area contributed by atoms with Crippen molar-refractivity contribution in [3.63, 3.8) is 0 Å². The maximum absolute atomic E-state index is 6.57. The van der Waals surface area contributed by atoms with Crippen molar-refractivity contribution < 1.29 is 4.42 Å². The van der Waals surface area contributed by atoms with E-state index < -0.39 is 0 Å². The average molecular weight is 625 g/mol. The highest BCUT2D eigenvalue weighted by Gasteiger charge is 2.21. The van der Waals surface area contributed by atoms with Crippen LogP contribution < -0.4 is 0 Å². The van der Waals surface area contributed by atoms with Crippen LogP contribution in [0, 0.1) is 0 Å². The van der Waals surface area contributed by atoms with Crippen molar-refractivity contribution in [3.8, 4) is 56.2 Å². The Bertz CT molecular complexity index is 2800. The minimum atomic E-state index is 0.697. The van der Waals surface area contributed by atoms with Gasteiger partial charge < -0.3 is 4.42 Å². The Morgan fingerprint density at radius 3 is 1.69 bits per heavy atom. The van der Waals surface area contributed by atoms with E-state index >= 15 is 0 Å². The molecule has 0 fully saturated rings. The smallest absolute Gasteiger partial charge is 0.160 e. The average Bonchev–Trinajstić information content (AvgIpc) is 3.57. The lowest BCUT2D eigenvalue weighted by atomic mass is 9.89. The molecular weight excluding hydrogens is 597 g/mol. The van der Waals surface area contributed by atoms with Gasteiger partial charge in [-0.3, -0.25) is 0 Å². The van der Waals surface area contributed by atoms with Crippen LogP contribution in [-0.4, -0.2) is 9.97 Å². The fraction of sp³-hybridized carbons (Fsp3) is 0. The molecule has 0 unspecified atom stereocenters. The molecule has 0 saturated carbocycles. The maximum atomic E-state index is 6.57. The van der Waals surface area contributed by atoms with Gasteiger partial charge in [0.1, 0.15) is 11.2 Å². The summed E-state index contributed by atoms with van der Waals surface area (Å²) < 4.78 is 6.57. The Hall–Kier alpha value is -6.58. The summed E-state index contributed by atoms with van der Waals surface area (Å²) in [6.07, 6.45) is 0. The normalized spacial score (nSPS) is 11.7. The number of nitrogens with zero attached hydrogens (tertiary/aromatic N) is 2. The highest BCUT2D eigenvalue weighted by atomic mass is 16.3. The van der Waals surface area contributed by atoms with Gasteiger partial charge in [0.05, 0.1) is 11.4 Å². The van der Waals surface area contributed by atoms with Crippen LogP contribution in [0.5, 0.6) is 0 Å². The second kappa shape index (κ2) is 11.0. The molecule has 0 aliphatic heterocycles. The number of fused-ring (bicyclic) bond motifs is 3. The second-order valence-corrected chi connectivity index (χ2v) is 12.5. The monoisotopic (exact) mass is 624 g/mol. The Morgan fingerprint density at radius 1 is 0.327 bits per heavy atom. The van der Waals surface area contributed by atoms with Gasteiger partial charge in [-0.1, -0.05) is 140 Å². The van der Waals surface area contributed by atoms with Crippen LogP contribution in [0.4, 0.5) is 0 Å². The number of aromatic nitrogens is 2. The molecule has 10 aromatic rings. The first-order chi connectivity index (χ1) is 24.3. The lowest BCUT2D eigenvalue weighted by molar-refractivity contribution is 0.669. The lowest BCUT2D eigenvalue weighted by Crippen LogP contribution is -1.97. The van der Waals surface area contributed by atoms with Crippen molar-refractivity contribution in [2.75, 3.05) is 0 Å². The highest BCUT2D eigenvalue weighted by molar-refractivity contribution is 6.35. The van der Waals surface area contributed by atoms with Gasteiger partial charge in [0, 0.05) is 27.5 Å². The van der Waals surface area contributed by atoms with Gasteiger partial charge in [-0.15, -0.1) is 0 Å². The van der Waals surface area contributed by atoms with Crippen LogP contribution >= 0.6 is 0 Å². The van der Waals surface area contributed by atoms with Gasteiger partial charge in [-0.25, -0.2) is 9.97 Å². The van der Waals surface area contributed by atoms with Crippen LogP contribution in [0.25, 0.3) is 99.6 Å². The van der Waals surface area contributed by atoms with Crippen LogP contribution in [0.15, 0.2) is 174 Å². The van der Waals surface area contributed by atoms with E-state index in [1.165, 1.54) is 21.7 Å². The third kappa shape index (κ3) is 4.51. The summed E-state index contributed by atoms with van der Waals surface area (Å²) in [5.74, 6) is 0.697. The summed E-state index contributed by atoms with van der Waals surface area (Å²) >= 11 is 0. The van der Waals surface area contributed by atoms with E-state index in [2.05, 4.69) is 146 Å². The first-order valence-electron chi connectivity index (χ1n) is 16.6. The van der Waals surface area contributed by atoms with Gasteiger partial charge in [0.2, 0.25) is 0 Å². The molecule has 49 heavy (non-hydrogen) atoms. The van der Waals surface area contributed by atoms with Crippen LogP contribution in [0.1, 0.15) is 0 Å². The standard InChI is InChI=1S/C46H28N2O/c1-4-13-29(14-5-1)32-19-10-20-33(25-32)39-28-40(48-46(47-39)31-17-8-3-9-18-31)36-22-11-21-35-38-26-34(30-15-6-2-7-16-30)27-42-45(38)44-37(43(35)36)23-12-24-41(44)49-42/h1-28H. The molecule has 2 aromatic heterocycles. The van der Waals surface area contributed by atoms with Gasteiger partial charge >= 0.3 is 0 Å². The summed E-state index contributed by atoms with van der Waals surface area (Å²) in [7, 11) is 0. The number of hydrogen-bond donors (Lipinski definition) is 0. The van der Waals surface area contributed by atoms with E-state index in [4.69, 9.17) is 14.4 Å². The maximum Gasteiger partial charge on any atom is 0.160 e. The SMILES string of the molecule is c1ccc(-c2cccc(-c3cc(-c4cccc5c6cc(-c7ccccc7)cc7oc8cccc(c45)c8c76)nc(-c4ccccc4)n3)c2)cc1. The number of rotatable bonds is 5. The molecule has 0 aliphatic rings. The molecule has 0 N–H and O–H groups in total. The Morgan fingerprint density at radius 2 is 0.918 bits per heavy atom. The minimum Gasteiger partial charge on any atom is -0.456 e. The summed E-state index contributed by atoms with van der Waals surface area (Å²) in [6.45, 7) is 0. The predicted octanol–water partition coefficient (Wildman–Crippen LogP) is 12.5. The van der Waals surface area contributed by atoms with E-state index in [9.17, 15) is 0 Å². The molecule has 0 radical (unpaired) electrons. The fourth-order valence-corrected chi connectivity index (χ4v) is 7.38. The Kier molecular flexibility index (Phi) is 6.18. The van der Waals surface area contributed by atoms with E-state index in [0.717, 1.165) is 72.1 Å². The third-order valence-corrected chi connectivity index (χ3v) is 9.63. The highest BCUT2D eigenvalue weighted by Crippen LogP contribution is 2.46. The zero-order valence-electron chi connectivity index (χ0n) is 26.5. The second-order valence-electron chi connectivity index (χ2n) is 12.5. The zero-order valence-corrected chi connectivity index (χ0v) is 26.5. The lowest BCUT2D eigenvalue weighted by Gasteiger charge is -2.15. The number of furan rings is 1. The number of hydrogen-bond acceptors (Lipinski definition) is 3. The molecule has 0 spiro atoms. The molecule has 0 atom stereocenters. The molecule has 0 amide bonds. The molecule has 8 aromatic carbocycles. The van der Waals surface area contributed by atoms with Crippen molar-refractivity contribution in [1.82, 2.24) is 9.97 Å². The van der Waals surface area contributed by atoms with Gasteiger partial charge in [0.15, 0.2) is 5.82 Å². The molecule has 0 saturated heterocycles. The van der Waals surface area contributed by atoms with Gasteiger partial charge in [-0.05, 0) is 74.1 Å². The third-order valence-electron chi connectivity index (χ3n) is 9.63. The molecule has 228 valence electrons. The van der Waals surface area contributed by atoms with Crippen LogP contribution in [-0.2, 0) is 0 Å². The Balaban J connectivity index is 1.26. The van der Waals surface area contributed by atoms with Gasteiger partial charge in [-0.2, -0.15) is 0 Å². The largest absolute Gasteiger partial charge is 0.456 e. The first-order valence-corrected chi connectivity index (χ1v) is 16.6. The van der Waals surface area contributed by atoms with E-state index in [1.807, 2.05) is 24.3 Å². The summed E-state index contributed by atoms with van der Waals surface area (Å²) in [5, 5.41) is 7.00. The van der Waals surface area contributed by atoms with E-state index in [-0.39, 0.29) is 0 Å². The number of benzene rings is 8. The zero-order chi connectivity index (χ0) is 32.3. The molecule has 10 rings (SSSR count). The van der Waals surface area contributed by atoms with Gasteiger partial charge in [0.25, 0.3) is 0 Å². The minimum absolute atomic E-state index is 0.697. The molecule has 2 heterocycles. The Labute approximate surface area is 283 Å². The summed E-state index contributed by atoms with van der Waals surface area (Å²) in [4.78, 5) is 10.4. The summed E-state index contributed by atoms with van der Waals surface area (Å²) in [6, 6.07) is 59.5.